The highest BCUT2D eigenvalue weighted by atomic mass is 16.6. The van der Waals surface area contributed by atoms with E-state index in [0.29, 0.717) is 0 Å². The predicted molar refractivity (Wildman–Crippen MR) is 50.4 cm³/mol. The van der Waals surface area contributed by atoms with Crippen LogP contribution in [0, 0.1) is 5.41 Å². The molecule has 1 saturated heterocycles. The molecule has 1 aliphatic carbocycles. The molecule has 0 radical (unpaired) electrons. The number of rotatable bonds is 0. The molecule has 2 heteroatoms. The highest BCUT2D eigenvalue weighted by Crippen LogP contribution is 2.55. The largest absolute Gasteiger partial charge is 0.364 e. The first-order valence-corrected chi connectivity index (χ1v) is 4.73. The van der Waals surface area contributed by atoms with E-state index >= 15 is 0 Å². The fourth-order valence-electron chi connectivity index (χ4n) is 2.39. The van der Waals surface area contributed by atoms with Gasteiger partial charge in [-0.25, -0.2) is 0 Å². The fraction of sp³-hybridized carbons (Fsp3) is 0.727. The minimum Gasteiger partial charge on any atom is -0.364 e. The van der Waals surface area contributed by atoms with Gasteiger partial charge >= 0.3 is 0 Å². The third-order valence-corrected chi connectivity index (χ3v) is 3.32. The first-order chi connectivity index (χ1) is 5.79. The van der Waals surface area contributed by atoms with Crippen LogP contribution in [0.4, 0.5) is 0 Å². The summed E-state index contributed by atoms with van der Waals surface area (Å²) in [5.41, 5.74) is -0.748. The Morgan fingerprint density at radius 3 is 2.15 bits per heavy atom. The summed E-state index contributed by atoms with van der Waals surface area (Å²) in [6, 6.07) is 0. The van der Waals surface area contributed by atoms with Gasteiger partial charge in [0.25, 0.3) is 0 Å². The summed E-state index contributed by atoms with van der Waals surface area (Å²) in [5.74, 6) is 0.183. The van der Waals surface area contributed by atoms with Crippen molar-refractivity contribution < 1.29 is 9.53 Å². The predicted octanol–water partition coefficient (Wildman–Crippen LogP) is 2.09. The second-order valence-electron chi connectivity index (χ2n) is 5.25. The van der Waals surface area contributed by atoms with Crippen molar-refractivity contribution in [2.75, 3.05) is 0 Å². The highest BCUT2D eigenvalue weighted by Gasteiger charge is 2.62. The summed E-state index contributed by atoms with van der Waals surface area (Å²) < 4.78 is 5.85. The minimum absolute atomic E-state index is 0.0633. The second kappa shape index (κ2) is 2.06. The Bertz CT molecular complexity index is 289. The van der Waals surface area contributed by atoms with Crippen LogP contribution in [-0.4, -0.2) is 17.0 Å². The fourth-order valence-corrected chi connectivity index (χ4v) is 2.39. The molecule has 0 aromatic carbocycles. The summed E-state index contributed by atoms with van der Waals surface area (Å²) in [4.78, 5) is 11.5. The first kappa shape index (κ1) is 8.95. The van der Waals surface area contributed by atoms with Crippen LogP contribution in [0.1, 0.15) is 34.1 Å². The number of hydrogen-bond acceptors (Lipinski definition) is 2. The number of hydrogen-bond donors (Lipinski definition) is 0. The number of carbonyl (C=O) groups is 1. The van der Waals surface area contributed by atoms with Gasteiger partial charge in [0.05, 0.1) is 11.0 Å². The number of carbonyl (C=O) groups excluding carboxylic acids is 1. The molecule has 2 aliphatic rings. The lowest BCUT2D eigenvalue weighted by atomic mass is 9.67. The van der Waals surface area contributed by atoms with Crippen LogP contribution in [0.5, 0.6) is 0 Å². The molecule has 1 heterocycles. The Morgan fingerprint density at radius 1 is 1.31 bits per heavy atom. The number of allylic oxidation sites excluding steroid dienone is 1. The van der Waals surface area contributed by atoms with Crippen molar-refractivity contribution in [2.24, 2.45) is 5.41 Å². The Balaban J connectivity index is 2.29. The van der Waals surface area contributed by atoms with Gasteiger partial charge in [0.1, 0.15) is 5.60 Å². The molecule has 1 atom stereocenters. The zero-order valence-corrected chi connectivity index (χ0v) is 8.68. The lowest BCUT2D eigenvalue weighted by Crippen LogP contribution is -2.62. The number of ether oxygens (including phenoxy) is 1. The van der Waals surface area contributed by atoms with E-state index in [9.17, 15) is 4.79 Å². The molecule has 0 amide bonds. The monoisotopic (exact) mass is 180 g/mol. The van der Waals surface area contributed by atoms with Gasteiger partial charge in [-0.3, -0.25) is 4.79 Å². The standard InChI is InChI=1S/C11H16O2/c1-9(2)7-11(13-9)6-5-8(12)10(11,3)4/h5-6H,7H2,1-4H3. The zero-order valence-electron chi connectivity index (χ0n) is 8.68. The van der Waals surface area contributed by atoms with E-state index in [2.05, 4.69) is 13.8 Å². The maximum Gasteiger partial charge on any atom is 0.164 e. The van der Waals surface area contributed by atoms with Crippen LogP contribution in [0.3, 0.4) is 0 Å². The van der Waals surface area contributed by atoms with Gasteiger partial charge in [-0.1, -0.05) is 0 Å². The van der Waals surface area contributed by atoms with E-state index in [4.69, 9.17) is 4.74 Å². The normalized spacial score (nSPS) is 39.5. The van der Waals surface area contributed by atoms with Crippen molar-refractivity contribution in [3.05, 3.63) is 12.2 Å². The molecular formula is C11H16O2. The van der Waals surface area contributed by atoms with Gasteiger partial charge in [-0.05, 0) is 39.8 Å². The molecule has 1 spiro atoms. The number of ketones is 1. The maximum atomic E-state index is 11.5. The zero-order chi connectivity index (χ0) is 9.91. The summed E-state index contributed by atoms with van der Waals surface area (Å²) in [5, 5.41) is 0. The van der Waals surface area contributed by atoms with E-state index in [0.717, 1.165) is 6.42 Å². The molecule has 0 N–H and O–H groups in total. The SMILES string of the molecule is CC1(C)CC2(C=CC(=O)C2(C)C)O1. The van der Waals surface area contributed by atoms with E-state index in [1.54, 1.807) is 6.08 Å². The van der Waals surface area contributed by atoms with E-state index in [1.165, 1.54) is 0 Å². The highest BCUT2D eigenvalue weighted by molar-refractivity contribution is 5.99. The van der Waals surface area contributed by atoms with Gasteiger partial charge in [-0.15, -0.1) is 0 Å². The quantitative estimate of drug-likeness (QED) is 0.570. The third-order valence-electron chi connectivity index (χ3n) is 3.32. The average Bonchev–Trinajstić information content (AvgIpc) is 2.11. The topological polar surface area (TPSA) is 26.3 Å². The summed E-state index contributed by atoms with van der Waals surface area (Å²) in [6.45, 7) is 8.05. The van der Waals surface area contributed by atoms with Gasteiger partial charge < -0.3 is 4.74 Å². The van der Waals surface area contributed by atoms with E-state index < -0.39 is 0 Å². The summed E-state index contributed by atoms with van der Waals surface area (Å²) >= 11 is 0. The average molecular weight is 180 g/mol. The minimum atomic E-state index is -0.373. The van der Waals surface area contributed by atoms with Crippen LogP contribution >= 0.6 is 0 Å². The molecule has 2 nitrogen and oxygen atoms in total. The van der Waals surface area contributed by atoms with Gasteiger partial charge in [0.2, 0.25) is 0 Å². The molecule has 1 aliphatic heterocycles. The van der Waals surface area contributed by atoms with Crippen molar-refractivity contribution >= 4 is 5.78 Å². The Hall–Kier alpha value is -0.630. The second-order valence-corrected chi connectivity index (χ2v) is 5.25. The van der Waals surface area contributed by atoms with Crippen LogP contribution in [0.2, 0.25) is 0 Å². The van der Waals surface area contributed by atoms with Crippen molar-refractivity contribution in [3.8, 4) is 0 Å². The van der Waals surface area contributed by atoms with Crippen LogP contribution in [-0.2, 0) is 9.53 Å². The smallest absolute Gasteiger partial charge is 0.164 e. The molecule has 13 heavy (non-hydrogen) atoms. The Labute approximate surface area is 79.0 Å². The molecule has 1 fully saturated rings. The Morgan fingerprint density at radius 2 is 1.85 bits per heavy atom. The maximum absolute atomic E-state index is 11.5. The van der Waals surface area contributed by atoms with Crippen molar-refractivity contribution in [2.45, 2.75) is 45.3 Å². The van der Waals surface area contributed by atoms with Gasteiger partial charge in [0, 0.05) is 6.42 Å². The van der Waals surface area contributed by atoms with Crippen molar-refractivity contribution in [1.82, 2.24) is 0 Å². The molecular weight excluding hydrogens is 164 g/mol. The summed E-state index contributed by atoms with van der Waals surface area (Å²) in [7, 11) is 0. The van der Waals surface area contributed by atoms with Crippen LogP contribution < -0.4 is 0 Å². The van der Waals surface area contributed by atoms with Gasteiger partial charge in [0.15, 0.2) is 5.78 Å². The molecule has 2 rings (SSSR count). The molecule has 72 valence electrons. The molecule has 0 aromatic rings. The Kier molecular flexibility index (Phi) is 1.42. The molecule has 0 bridgehead atoms. The van der Waals surface area contributed by atoms with Crippen molar-refractivity contribution in [3.63, 3.8) is 0 Å². The molecule has 1 unspecified atom stereocenters. The van der Waals surface area contributed by atoms with Crippen molar-refractivity contribution in [1.29, 1.82) is 0 Å². The van der Waals surface area contributed by atoms with E-state index in [1.807, 2.05) is 19.9 Å². The van der Waals surface area contributed by atoms with Crippen LogP contribution in [0.15, 0.2) is 12.2 Å². The third kappa shape index (κ3) is 0.953. The summed E-state index contributed by atoms with van der Waals surface area (Å²) in [6.07, 6.45) is 4.53. The van der Waals surface area contributed by atoms with Gasteiger partial charge in [-0.2, -0.15) is 0 Å². The molecule has 0 aromatic heterocycles. The molecule has 0 saturated carbocycles. The lowest BCUT2D eigenvalue weighted by Gasteiger charge is -2.56. The lowest BCUT2D eigenvalue weighted by molar-refractivity contribution is -0.264. The first-order valence-electron chi connectivity index (χ1n) is 4.73. The van der Waals surface area contributed by atoms with Crippen LogP contribution in [0.25, 0.3) is 0 Å². The van der Waals surface area contributed by atoms with E-state index in [-0.39, 0.29) is 22.4 Å².